The molecule has 0 aliphatic carbocycles. The molecule has 1 aromatic heterocycles. The second kappa shape index (κ2) is 7.02. The van der Waals surface area contributed by atoms with Gasteiger partial charge in [-0.25, -0.2) is 8.42 Å². The van der Waals surface area contributed by atoms with Crippen molar-refractivity contribution in [1.29, 1.82) is 0 Å². The quantitative estimate of drug-likeness (QED) is 0.901. The van der Waals surface area contributed by atoms with Gasteiger partial charge in [0.15, 0.2) is 0 Å². The van der Waals surface area contributed by atoms with E-state index in [1.165, 1.54) is 10.4 Å². The van der Waals surface area contributed by atoms with E-state index in [-0.39, 0.29) is 10.1 Å². The average Bonchev–Trinajstić information content (AvgIpc) is 3.09. The molecule has 1 aliphatic rings. The number of hydrogen-bond donors (Lipinski definition) is 1. The first-order chi connectivity index (χ1) is 11.5. The van der Waals surface area contributed by atoms with Crippen molar-refractivity contribution >= 4 is 33.0 Å². The van der Waals surface area contributed by atoms with Crippen LogP contribution in [0.4, 0.5) is 5.69 Å². The number of nitrogens with zero attached hydrogens (tertiary/aromatic N) is 1. The van der Waals surface area contributed by atoms with Gasteiger partial charge in [0.25, 0.3) is 15.9 Å². The van der Waals surface area contributed by atoms with Gasteiger partial charge in [-0.2, -0.15) is 4.31 Å². The van der Waals surface area contributed by atoms with Crippen LogP contribution in [-0.2, 0) is 14.8 Å². The molecule has 1 aromatic carbocycles. The number of amides is 1. The normalized spacial score (nSPS) is 16.0. The Labute approximate surface area is 145 Å². The van der Waals surface area contributed by atoms with Crippen molar-refractivity contribution in [2.75, 3.05) is 31.6 Å². The molecular formula is C16H18N2O4S2. The predicted molar refractivity (Wildman–Crippen MR) is 93.0 cm³/mol. The van der Waals surface area contributed by atoms with Crippen LogP contribution in [0, 0.1) is 6.92 Å². The monoisotopic (exact) mass is 366 g/mol. The zero-order valence-electron chi connectivity index (χ0n) is 13.2. The first-order valence-electron chi connectivity index (χ1n) is 7.52. The lowest BCUT2D eigenvalue weighted by molar-refractivity contribution is 0.0731. The Hall–Kier alpha value is -1.74. The highest BCUT2D eigenvalue weighted by molar-refractivity contribution is 7.91. The summed E-state index contributed by atoms with van der Waals surface area (Å²) in [4.78, 5) is 12.6. The van der Waals surface area contributed by atoms with Gasteiger partial charge in [0.05, 0.1) is 18.1 Å². The van der Waals surface area contributed by atoms with Crippen molar-refractivity contribution in [3.8, 4) is 0 Å². The van der Waals surface area contributed by atoms with Gasteiger partial charge in [0.2, 0.25) is 0 Å². The molecule has 1 aliphatic heterocycles. The molecule has 1 fully saturated rings. The van der Waals surface area contributed by atoms with Crippen molar-refractivity contribution in [3.05, 3.63) is 46.8 Å². The minimum atomic E-state index is -3.56. The summed E-state index contributed by atoms with van der Waals surface area (Å²) >= 11 is 0.981. The zero-order valence-corrected chi connectivity index (χ0v) is 14.8. The standard InChI is InChI=1S/C16H18N2O4S2/c1-12-2-4-13(5-3-12)17-16(19)14-6-7-15(23-14)24(20,21)18-8-10-22-11-9-18/h2-7H,8-11H2,1H3,(H,17,19). The van der Waals surface area contributed by atoms with Crippen LogP contribution in [0.1, 0.15) is 15.2 Å². The van der Waals surface area contributed by atoms with Crippen LogP contribution in [0.3, 0.4) is 0 Å². The summed E-state index contributed by atoms with van der Waals surface area (Å²) in [5.74, 6) is -0.313. The molecule has 0 bridgehead atoms. The van der Waals surface area contributed by atoms with E-state index in [0.717, 1.165) is 16.9 Å². The Morgan fingerprint density at radius 3 is 2.46 bits per heavy atom. The van der Waals surface area contributed by atoms with Crippen molar-refractivity contribution in [2.24, 2.45) is 0 Å². The molecule has 3 rings (SSSR count). The number of nitrogens with one attached hydrogen (secondary N) is 1. The number of sulfonamides is 1. The van der Waals surface area contributed by atoms with Crippen LogP contribution in [-0.4, -0.2) is 44.9 Å². The van der Waals surface area contributed by atoms with Crippen LogP contribution >= 0.6 is 11.3 Å². The van der Waals surface area contributed by atoms with Crippen molar-refractivity contribution in [3.63, 3.8) is 0 Å². The largest absolute Gasteiger partial charge is 0.379 e. The molecule has 1 saturated heterocycles. The lowest BCUT2D eigenvalue weighted by Crippen LogP contribution is -2.40. The maximum Gasteiger partial charge on any atom is 0.265 e. The van der Waals surface area contributed by atoms with Gasteiger partial charge in [-0.3, -0.25) is 4.79 Å². The van der Waals surface area contributed by atoms with Crippen LogP contribution in [0.15, 0.2) is 40.6 Å². The van der Waals surface area contributed by atoms with Gasteiger partial charge < -0.3 is 10.1 Å². The first-order valence-corrected chi connectivity index (χ1v) is 9.78. The molecule has 0 spiro atoms. The molecule has 0 unspecified atom stereocenters. The third kappa shape index (κ3) is 3.67. The summed E-state index contributed by atoms with van der Waals surface area (Å²) in [5, 5.41) is 2.77. The fourth-order valence-corrected chi connectivity index (χ4v) is 5.09. The van der Waals surface area contributed by atoms with Gasteiger partial charge in [-0.15, -0.1) is 11.3 Å². The molecule has 0 radical (unpaired) electrons. The third-order valence-electron chi connectivity index (χ3n) is 3.68. The number of anilines is 1. The number of aryl methyl sites for hydroxylation is 1. The minimum absolute atomic E-state index is 0.179. The molecule has 1 N–H and O–H groups in total. The summed E-state index contributed by atoms with van der Waals surface area (Å²) < 4.78 is 31.9. The van der Waals surface area contributed by atoms with E-state index in [9.17, 15) is 13.2 Å². The van der Waals surface area contributed by atoms with Gasteiger partial charge in [-0.1, -0.05) is 17.7 Å². The van der Waals surface area contributed by atoms with E-state index in [0.29, 0.717) is 36.9 Å². The minimum Gasteiger partial charge on any atom is -0.379 e. The van der Waals surface area contributed by atoms with Gasteiger partial charge in [0, 0.05) is 18.8 Å². The highest BCUT2D eigenvalue weighted by atomic mass is 32.2. The molecule has 1 amide bonds. The fourth-order valence-electron chi connectivity index (χ4n) is 2.32. The van der Waals surface area contributed by atoms with Gasteiger partial charge >= 0.3 is 0 Å². The SMILES string of the molecule is Cc1ccc(NC(=O)c2ccc(S(=O)(=O)N3CCOCC3)s2)cc1. The van der Waals surface area contributed by atoms with E-state index in [1.807, 2.05) is 31.2 Å². The molecule has 2 aromatic rings. The highest BCUT2D eigenvalue weighted by Crippen LogP contribution is 2.26. The number of thiophene rings is 1. The summed E-state index contributed by atoms with van der Waals surface area (Å²) in [5.41, 5.74) is 1.78. The molecule has 24 heavy (non-hydrogen) atoms. The van der Waals surface area contributed by atoms with Crippen LogP contribution in [0.25, 0.3) is 0 Å². The average molecular weight is 366 g/mol. The number of hydrogen-bond acceptors (Lipinski definition) is 5. The Balaban J connectivity index is 1.74. The second-order valence-electron chi connectivity index (χ2n) is 5.46. The van der Waals surface area contributed by atoms with Crippen molar-refractivity contribution < 1.29 is 17.9 Å². The van der Waals surface area contributed by atoms with Crippen molar-refractivity contribution in [1.82, 2.24) is 4.31 Å². The molecule has 8 heteroatoms. The second-order valence-corrected chi connectivity index (χ2v) is 8.70. The number of carbonyl (C=O) groups is 1. The van der Waals surface area contributed by atoms with E-state index >= 15 is 0 Å². The number of benzene rings is 1. The molecule has 128 valence electrons. The summed E-state index contributed by atoms with van der Waals surface area (Å²) in [6, 6.07) is 10.5. The lowest BCUT2D eigenvalue weighted by Gasteiger charge is -2.25. The number of morpholine rings is 1. The molecular weight excluding hydrogens is 348 g/mol. The Morgan fingerprint density at radius 2 is 1.79 bits per heavy atom. The molecule has 0 atom stereocenters. The third-order valence-corrected chi connectivity index (χ3v) is 7.13. The van der Waals surface area contributed by atoms with Crippen molar-refractivity contribution in [2.45, 2.75) is 11.1 Å². The maximum atomic E-state index is 12.6. The van der Waals surface area contributed by atoms with Gasteiger partial charge in [0.1, 0.15) is 4.21 Å². The molecule has 2 heterocycles. The van der Waals surface area contributed by atoms with Crippen LogP contribution in [0.2, 0.25) is 0 Å². The summed E-state index contributed by atoms with van der Waals surface area (Å²) in [7, 11) is -3.56. The van der Waals surface area contributed by atoms with E-state index in [1.54, 1.807) is 6.07 Å². The Kier molecular flexibility index (Phi) is 5.00. The highest BCUT2D eigenvalue weighted by Gasteiger charge is 2.28. The predicted octanol–water partition coefficient (Wildman–Crippen LogP) is 2.33. The van der Waals surface area contributed by atoms with E-state index in [4.69, 9.17) is 4.74 Å². The topological polar surface area (TPSA) is 75.7 Å². The van der Waals surface area contributed by atoms with E-state index in [2.05, 4.69) is 5.32 Å². The Bertz CT molecular complexity index is 822. The Morgan fingerprint density at radius 1 is 1.12 bits per heavy atom. The van der Waals surface area contributed by atoms with Gasteiger partial charge in [-0.05, 0) is 31.2 Å². The fraction of sp³-hybridized carbons (Fsp3) is 0.312. The first kappa shape index (κ1) is 17.1. The van der Waals surface area contributed by atoms with E-state index < -0.39 is 10.0 Å². The number of ether oxygens (including phenoxy) is 1. The molecule has 6 nitrogen and oxygen atoms in total. The molecule has 0 saturated carbocycles. The maximum absolute atomic E-state index is 12.6. The zero-order chi connectivity index (χ0) is 17.2. The van der Waals surface area contributed by atoms with Crippen LogP contribution < -0.4 is 5.32 Å². The summed E-state index contributed by atoms with van der Waals surface area (Å²) in [6.07, 6.45) is 0. The smallest absolute Gasteiger partial charge is 0.265 e. The number of carbonyl (C=O) groups excluding carboxylic acids is 1. The number of rotatable bonds is 4. The van der Waals surface area contributed by atoms with Crippen LogP contribution in [0.5, 0.6) is 0 Å². The summed E-state index contributed by atoms with van der Waals surface area (Å²) in [6.45, 7) is 3.43. The lowest BCUT2D eigenvalue weighted by atomic mass is 10.2.